The lowest BCUT2D eigenvalue weighted by Gasteiger charge is -2.47. The van der Waals surface area contributed by atoms with Gasteiger partial charge in [-0.1, -0.05) is 0 Å². The van der Waals surface area contributed by atoms with E-state index in [4.69, 9.17) is 23.4 Å². The van der Waals surface area contributed by atoms with Crippen molar-refractivity contribution >= 4 is 16.9 Å². The van der Waals surface area contributed by atoms with Gasteiger partial charge in [0.1, 0.15) is 18.3 Å². The molecule has 12 nitrogen and oxygen atoms in total. The predicted octanol–water partition coefficient (Wildman–Crippen LogP) is -0.207. The van der Waals surface area contributed by atoms with E-state index in [1.54, 1.807) is 13.0 Å². The molecule has 1 aromatic carbocycles. The van der Waals surface area contributed by atoms with Crippen molar-refractivity contribution < 1.29 is 58.8 Å². The van der Waals surface area contributed by atoms with Crippen LogP contribution in [0.25, 0.3) is 11.0 Å². The molecule has 1 aliphatic rings. The average molecular weight is 529 g/mol. The van der Waals surface area contributed by atoms with Crippen LogP contribution in [-0.2, 0) is 27.1 Å². The van der Waals surface area contributed by atoms with Gasteiger partial charge in [0.05, 0.1) is 26.6 Å². The molecule has 12 heteroatoms. The van der Waals surface area contributed by atoms with Crippen molar-refractivity contribution in [3.8, 4) is 11.5 Å². The van der Waals surface area contributed by atoms with Crippen molar-refractivity contribution in [2.45, 2.75) is 69.2 Å². The normalized spacial score (nSPS) is 25.8. The van der Waals surface area contributed by atoms with Crippen molar-refractivity contribution in [2.75, 3.05) is 33.5 Å². The van der Waals surface area contributed by atoms with E-state index in [9.17, 15) is 35.4 Å². The van der Waals surface area contributed by atoms with E-state index in [-0.39, 0.29) is 62.6 Å². The fourth-order valence-electron chi connectivity index (χ4n) is 4.52. The molecule has 0 amide bonds. The molecule has 5 atom stereocenters. The van der Waals surface area contributed by atoms with Gasteiger partial charge in [-0.05, 0) is 44.2 Å². The van der Waals surface area contributed by atoms with Crippen molar-refractivity contribution in [3.63, 3.8) is 0 Å². The number of fused-ring (bicyclic) bond motifs is 1. The quantitative estimate of drug-likeness (QED) is 0.188. The molecule has 1 saturated heterocycles. The Bertz CT molecular complexity index is 1040. The van der Waals surface area contributed by atoms with Crippen molar-refractivity contribution in [2.24, 2.45) is 0 Å². The molecule has 1 aliphatic heterocycles. The highest BCUT2D eigenvalue weighted by Crippen LogP contribution is 2.44. The summed E-state index contributed by atoms with van der Waals surface area (Å²) in [5.41, 5.74) is -0.716. The second-order valence-corrected chi connectivity index (χ2v) is 8.88. The summed E-state index contributed by atoms with van der Waals surface area (Å²) in [6.45, 7) is 0.816. The largest absolute Gasteiger partial charge is 0.490 e. The summed E-state index contributed by atoms with van der Waals surface area (Å²) in [4.78, 5) is 12.1. The molecule has 2 aromatic rings. The predicted molar refractivity (Wildman–Crippen MR) is 128 cm³/mol. The monoisotopic (exact) mass is 528 g/mol. The maximum absolute atomic E-state index is 12.1. The lowest BCUT2D eigenvalue weighted by atomic mass is 9.83. The average Bonchev–Trinajstić information content (AvgIpc) is 3.29. The standard InChI is InChI=1S/C25H36O12/c1-3-34-18(29)6-5-14-11-16-15(7-10-27)13-35-21(16)22(33-2)20(14)37-24-25(32,8-4-9-26)23(31)19(30)17(12-28)36-24/h11,13,17,19,23-24,26-28,30-32H,3-10,12H2,1-2H3/t17-,19-,23+,24+,25-/m1/s1. The molecule has 6 N–H and O–H groups in total. The number of furan rings is 1. The number of aryl methyl sites for hydroxylation is 1. The number of benzene rings is 1. The van der Waals surface area contributed by atoms with E-state index < -0.39 is 42.8 Å². The van der Waals surface area contributed by atoms with Crippen LogP contribution < -0.4 is 9.47 Å². The Balaban J connectivity index is 2.11. The molecule has 0 bridgehead atoms. The topological polar surface area (TPSA) is 189 Å². The van der Waals surface area contributed by atoms with Crippen molar-refractivity contribution in [1.29, 1.82) is 0 Å². The number of rotatable bonds is 13. The first-order valence-electron chi connectivity index (χ1n) is 12.2. The van der Waals surface area contributed by atoms with Gasteiger partial charge in [-0.2, -0.15) is 0 Å². The molecule has 0 aliphatic carbocycles. The molecule has 208 valence electrons. The van der Waals surface area contributed by atoms with Gasteiger partial charge in [-0.25, -0.2) is 0 Å². The van der Waals surface area contributed by atoms with Gasteiger partial charge in [0, 0.05) is 30.6 Å². The first-order chi connectivity index (χ1) is 17.7. The minimum absolute atomic E-state index is 0.00699. The smallest absolute Gasteiger partial charge is 0.306 e. The lowest BCUT2D eigenvalue weighted by Crippen LogP contribution is -2.68. The highest BCUT2D eigenvalue weighted by Gasteiger charge is 2.56. The third kappa shape index (κ3) is 6.01. The second-order valence-electron chi connectivity index (χ2n) is 8.88. The number of methoxy groups -OCH3 is 1. The Morgan fingerprint density at radius 2 is 1.86 bits per heavy atom. The summed E-state index contributed by atoms with van der Waals surface area (Å²) >= 11 is 0. The third-order valence-electron chi connectivity index (χ3n) is 6.48. The molecule has 3 rings (SSSR count). The maximum atomic E-state index is 12.1. The minimum atomic E-state index is -2.17. The first kappa shape index (κ1) is 29.1. The van der Waals surface area contributed by atoms with Gasteiger partial charge in [0.15, 0.2) is 16.9 Å². The number of hydrogen-bond acceptors (Lipinski definition) is 12. The summed E-state index contributed by atoms with van der Waals surface area (Å²) in [5, 5.41) is 61.6. The maximum Gasteiger partial charge on any atom is 0.306 e. The van der Waals surface area contributed by atoms with E-state index in [0.29, 0.717) is 22.9 Å². The van der Waals surface area contributed by atoms with Crippen LogP contribution in [0.3, 0.4) is 0 Å². The van der Waals surface area contributed by atoms with Crippen LogP contribution in [0.2, 0.25) is 0 Å². The number of carbonyl (C=O) groups excluding carboxylic acids is 1. The number of aliphatic hydroxyl groups excluding tert-OH is 5. The van der Waals surface area contributed by atoms with E-state index >= 15 is 0 Å². The number of esters is 1. The number of aliphatic hydroxyl groups is 6. The van der Waals surface area contributed by atoms with Crippen LogP contribution in [0.1, 0.15) is 37.3 Å². The van der Waals surface area contributed by atoms with Crippen LogP contribution in [0.5, 0.6) is 11.5 Å². The third-order valence-corrected chi connectivity index (χ3v) is 6.48. The van der Waals surface area contributed by atoms with Crippen LogP contribution in [0, 0.1) is 0 Å². The number of hydrogen-bond donors (Lipinski definition) is 6. The molecule has 0 saturated carbocycles. The van der Waals surface area contributed by atoms with Crippen LogP contribution >= 0.6 is 0 Å². The summed E-state index contributed by atoms with van der Waals surface area (Å²) in [6, 6.07) is 1.71. The minimum Gasteiger partial charge on any atom is -0.490 e. The van der Waals surface area contributed by atoms with Crippen LogP contribution in [-0.4, -0.2) is 100 Å². The highest BCUT2D eigenvalue weighted by molar-refractivity contribution is 5.90. The van der Waals surface area contributed by atoms with Crippen molar-refractivity contribution in [3.05, 3.63) is 23.5 Å². The molecule has 0 unspecified atom stereocenters. The summed E-state index contributed by atoms with van der Waals surface area (Å²) in [6.07, 6.45) is -4.49. The van der Waals surface area contributed by atoms with Crippen LogP contribution in [0.15, 0.2) is 16.7 Å². The van der Waals surface area contributed by atoms with Crippen LogP contribution in [0.4, 0.5) is 0 Å². The SMILES string of the molecule is CCOC(=O)CCc1cc2c(CCO)coc2c(OC)c1O[C@@H]1O[C@H](CO)[C@@H](O)[C@H](O)[C@]1(O)CCCO. The Labute approximate surface area is 213 Å². The van der Waals surface area contributed by atoms with Gasteiger partial charge in [0.25, 0.3) is 0 Å². The molecular formula is C25H36O12. The first-order valence-corrected chi connectivity index (χ1v) is 12.2. The number of carbonyl (C=O) groups is 1. The summed E-state index contributed by atoms with van der Waals surface area (Å²) in [7, 11) is 1.37. The number of ether oxygens (including phenoxy) is 4. The Morgan fingerprint density at radius 3 is 2.49 bits per heavy atom. The fraction of sp³-hybridized carbons (Fsp3) is 0.640. The van der Waals surface area contributed by atoms with Gasteiger partial charge < -0.3 is 54.0 Å². The molecular weight excluding hydrogens is 492 g/mol. The van der Waals surface area contributed by atoms with E-state index in [1.165, 1.54) is 13.4 Å². The molecule has 2 heterocycles. The molecule has 1 aromatic heterocycles. The zero-order chi connectivity index (χ0) is 27.2. The fourth-order valence-corrected chi connectivity index (χ4v) is 4.52. The second kappa shape index (κ2) is 12.9. The molecule has 1 fully saturated rings. The lowest BCUT2D eigenvalue weighted by molar-refractivity contribution is -0.322. The van der Waals surface area contributed by atoms with Gasteiger partial charge in [0.2, 0.25) is 12.0 Å². The van der Waals surface area contributed by atoms with E-state index in [2.05, 4.69) is 0 Å². The molecule has 37 heavy (non-hydrogen) atoms. The Kier molecular flexibility index (Phi) is 10.1. The van der Waals surface area contributed by atoms with Gasteiger partial charge in [-0.3, -0.25) is 4.79 Å². The zero-order valence-corrected chi connectivity index (χ0v) is 21.0. The van der Waals surface area contributed by atoms with E-state index in [0.717, 1.165) is 0 Å². The molecule has 0 radical (unpaired) electrons. The van der Waals surface area contributed by atoms with Crippen molar-refractivity contribution in [1.82, 2.24) is 0 Å². The summed E-state index contributed by atoms with van der Waals surface area (Å²) < 4.78 is 28.1. The Morgan fingerprint density at radius 1 is 1.11 bits per heavy atom. The van der Waals surface area contributed by atoms with Gasteiger partial charge in [-0.15, -0.1) is 0 Å². The van der Waals surface area contributed by atoms with E-state index in [1.807, 2.05) is 0 Å². The Hall–Kier alpha value is -2.45. The van der Waals surface area contributed by atoms with Gasteiger partial charge >= 0.3 is 5.97 Å². The molecule has 0 spiro atoms. The zero-order valence-electron chi connectivity index (χ0n) is 21.0. The highest BCUT2D eigenvalue weighted by atomic mass is 16.7. The summed E-state index contributed by atoms with van der Waals surface area (Å²) in [5.74, 6) is -0.269.